The number of hydrogen-bond acceptors (Lipinski definition) is 3. The first-order chi connectivity index (χ1) is 10.1. The molecule has 0 unspecified atom stereocenters. The molecule has 2 rings (SSSR count). The molecule has 0 radical (unpaired) electrons. The quantitative estimate of drug-likeness (QED) is 0.824. The molecule has 1 heterocycles. The molecule has 0 fully saturated rings. The molecule has 108 valence electrons. The zero-order valence-corrected chi connectivity index (χ0v) is 14.0. The number of nitrogens with one attached hydrogen (secondary N) is 1. The number of thiophene rings is 1. The maximum absolute atomic E-state index is 12.3. The van der Waals surface area contributed by atoms with Gasteiger partial charge in [-0.15, -0.1) is 11.3 Å². The van der Waals surface area contributed by atoms with E-state index in [4.69, 9.17) is 5.73 Å². The molecule has 1 amide bonds. The molecule has 1 aromatic heterocycles. The van der Waals surface area contributed by atoms with Crippen LogP contribution in [0.25, 0.3) is 0 Å². The van der Waals surface area contributed by atoms with E-state index in [-0.39, 0.29) is 12.5 Å². The third-order valence-electron chi connectivity index (χ3n) is 2.79. The van der Waals surface area contributed by atoms with Gasteiger partial charge in [0, 0.05) is 20.3 Å². The highest BCUT2D eigenvalue weighted by atomic mass is 79.9. The molecule has 0 aliphatic rings. The second-order valence-corrected chi connectivity index (χ2v) is 6.38. The van der Waals surface area contributed by atoms with Gasteiger partial charge in [0.2, 0.25) is 0 Å². The highest BCUT2D eigenvalue weighted by molar-refractivity contribution is 9.10. The van der Waals surface area contributed by atoms with Crippen LogP contribution in [-0.4, -0.2) is 12.5 Å². The molecule has 0 bridgehead atoms. The van der Waals surface area contributed by atoms with Crippen LogP contribution in [0.2, 0.25) is 0 Å². The minimum absolute atomic E-state index is 0.121. The zero-order valence-electron chi connectivity index (χ0n) is 11.6. The molecule has 3 nitrogen and oxygen atoms in total. The van der Waals surface area contributed by atoms with Crippen LogP contribution in [0, 0.1) is 18.8 Å². The van der Waals surface area contributed by atoms with E-state index >= 15 is 0 Å². The summed E-state index contributed by atoms with van der Waals surface area (Å²) in [7, 11) is 0. The molecule has 2 aromatic rings. The Morgan fingerprint density at radius 3 is 2.90 bits per heavy atom. The fraction of sp³-hybridized carbons (Fsp3) is 0.188. The second kappa shape index (κ2) is 7.41. The van der Waals surface area contributed by atoms with Crippen molar-refractivity contribution in [3.8, 4) is 11.8 Å². The average Bonchev–Trinajstić information content (AvgIpc) is 2.89. The third kappa shape index (κ3) is 4.43. The molecule has 0 spiro atoms. The summed E-state index contributed by atoms with van der Waals surface area (Å²) in [5.41, 5.74) is 7.71. The van der Waals surface area contributed by atoms with Crippen LogP contribution in [0.5, 0.6) is 0 Å². The van der Waals surface area contributed by atoms with Crippen LogP contribution in [0.1, 0.15) is 26.4 Å². The number of carbonyl (C=O) groups excluding carboxylic acids is 1. The van der Waals surface area contributed by atoms with E-state index in [1.807, 2.05) is 36.6 Å². The molecule has 0 saturated heterocycles. The minimum Gasteiger partial charge on any atom is -0.347 e. The van der Waals surface area contributed by atoms with Gasteiger partial charge in [-0.25, -0.2) is 0 Å². The van der Waals surface area contributed by atoms with Gasteiger partial charge in [-0.05, 0) is 41.1 Å². The second-order valence-electron chi connectivity index (χ2n) is 4.47. The predicted molar refractivity (Wildman–Crippen MR) is 90.3 cm³/mol. The highest BCUT2D eigenvalue weighted by Gasteiger charge is 2.10. The number of aryl methyl sites for hydroxylation is 1. The van der Waals surface area contributed by atoms with Gasteiger partial charge >= 0.3 is 0 Å². The number of rotatable bonds is 3. The third-order valence-corrected chi connectivity index (χ3v) is 4.49. The summed E-state index contributed by atoms with van der Waals surface area (Å²) in [6.07, 6.45) is 0. The summed E-state index contributed by atoms with van der Waals surface area (Å²) in [6.45, 7) is 2.73. The number of hydrogen-bond donors (Lipinski definition) is 2. The van der Waals surface area contributed by atoms with Crippen molar-refractivity contribution in [3.05, 3.63) is 55.7 Å². The van der Waals surface area contributed by atoms with Crippen molar-refractivity contribution < 1.29 is 4.79 Å². The maximum Gasteiger partial charge on any atom is 0.252 e. The first-order valence-electron chi connectivity index (χ1n) is 6.41. The topological polar surface area (TPSA) is 55.1 Å². The number of halogens is 1. The van der Waals surface area contributed by atoms with Crippen molar-refractivity contribution in [2.75, 3.05) is 6.54 Å². The fourth-order valence-electron chi connectivity index (χ4n) is 1.81. The standard InChI is InChI=1S/C16H15BrN2OS/c1-11-4-5-12(3-2-6-18)15(7-11)16(20)19-9-14-8-13(17)10-21-14/h4-5,7-8,10H,6,9,18H2,1H3,(H,19,20). The van der Waals surface area contributed by atoms with E-state index < -0.39 is 0 Å². The lowest BCUT2D eigenvalue weighted by atomic mass is 10.0. The number of amides is 1. The molecular formula is C16H15BrN2OS. The van der Waals surface area contributed by atoms with E-state index in [1.165, 1.54) is 0 Å². The molecule has 3 N–H and O–H groups in total. The Balaban J connectivity index is 2.15. The first-order valence-corrected chi connectivity index (χ1v) is 8.08. The summed E-state index contributed by atoms with van der Waals surface area (Å²) in [4.78, 5) is 13.4. The summed E-state index contributed by atoms with van der Waals surface area (Å²) in [5.74, 6) is 5.61. The van der Waals surface area contributed by atoms with Gasteiger partial charge in [0.15, 0.2) is 0 Å². The minimum atomic E-state index is -0.121. The average molecular weight is 363 g/mol. The Hall–Kier alpha value is -1.61. The van der Waals surface area contributed by atoms with Crippen molar-refractivity contribution in [3.63, 3.8) is 0 Å². The molecular weight excluding hydrogens is 348 g/mol. The Kier molecular flexibility index (Phi) is 5.57. The highest BCUT2D eigenvalue weighted by Crippen LogP contribution is 2.19. The Labute approximate surface area is 136 Å². The summed E-state index contributed by atoms with van der Waals surface area (Å²) in [6, 6.07) is 7.64. The fourth-order valence-corrected chi connectivity index (χ4v) is 3.20. The molecule has 0 atom stereocenters. The van der Waals surface area contributed by atoms with Crippen molar-refractivity contribution in [2.24, 2.45) is 5.73 Å². The van der Waals surface area contributed by atoms with Crippen molar-refractivity contribution in [1.29, 1.82) is 0 Å². The van der Waals surface area contributed by atoms with E-state index in [2.05, 4.69) is 33.1 Å². The van der Waals surface area contributed by atoms with Crippen LogP contribution < -0.4 is 11.1 Å². The van der Waals surface area contributed by atoms with Gasteiger partial charge in [0.05, 0.1) is 18.7 Å². The van der Waals surface area contributed by atoms with Crippen LogP contribution in [0.15, 0.2) is 34.1 Å². The lowest BCUT2D eigenvalue weighted by Gasteiger charge is -2.07. The van der Waals surface area contributed by atoms with Gasteiger partial charge in [-0.2, -0.15) is 0 Å². The Morgan fingerprint density at radius 1 is 1.43 bits per heavy atom. The van der Waals surface area contributed by atoms with Crippen LogP contribution >= 0.6 is 27.3 Å². The summed E-state index contributed by atoms with van der Waals surface area (Å²) >= 11 is 5.00. The predicted octanol–water partition coefficient (Wildman–Crippen LogP) is 3.06. The van der Waals surface area contributed by atoms with Gasteiger partial charge in [0.1, 0.15) is 0 Å². The molecule has 0 aliphatic heterocycles. The smallest absolute Gasteiger partial charge is 0.252 e. The molecule has 0 saturated carbocycles. The number of benzene rings is 1. The lowest BCUT2D eigenvalue weighted by Crippen LogP contribution is -2.23. The van der Waals surface area contributed by atoms with Gasteiger partial charge < -0.3 is 11.1 Å². The van der Waals surface area contributed by atoms with Crippen molar-refractivity contribution in [1.82, 2.24) is 5.32 Å². The van der Waals surface area contributed by atoms with Gasteiger partial charge in [-0.3, -0.25) is 4.79 Å². The Morgan fingerprint density at radius 2 is 2.24 bits per heavy atom. The molecule has 0 aliphatic carbocycles. The monoisotopic (exact) mass is 362 g/mol. The largest absolute Gasteiger partial charge is 0.347 e. The SMILES string of the molecule is Cc1ccc(C#CCN)c(C(=O)NCc2cc(Br)cs2)c1. The van der Waals surface area contributed by atoms with Crippen molar-refractivity contribution in [2.45, 2.75) is 13.5 Å². The van der Waals surface area contributed by atoms with Gasteiger partial charge in [-0.1, -0.05) is 23.5 Å². The lowest BCUT2D eigenvalue weighted by molar-refractivity contribution is 0.0951. The maximum atomic E-state index is 12.3. The first kappa shape index (κ1) is 15.8. The van der Waals surface area contributed by atoms with Crippen LogP contribution in [-0.2, 0) is 6.54 Å². The molecule has 5 heteroatoms. The van der Waals surface area contributed by atoms with E-state index in [1.54, 1.807) is 11.3 Å². The number of nitrogens with two attached hydrogens (primary N) is 1. The summed E-state index contributed by atoms with van der Waals surface area (Å²) in [5, 5.41) is 4.92. The van der Waals surface area contributed by atoms with Crippen molar-refractivity contribution >= 4 is 33.2 Å². The summed E-state index contributed by atoms with van der Waals surface area (Å²) < 4.78 is 1.03. The number of carbonyl (C=O) groups is 1. The van der Waals surface area contributed by atoms with Crippen LogP contribution in [0.4, 0.5) is 0 Å². The zero-order chi connectivity index (χ0) is 15.2. The molecule has 1 aromatic carbocycles. The van der Waals surface area contributed by atoms with E-state index in [9.17, 15) is 4.79 Å². The Bertz CT molecular complexity index is 713. The molecule has 21 heavy (non-hydrogen) atoms. The van der Waals surface area contributed by atoms with E-state index in [0.29, 0.717) is 17.7 Å². The van der Waals surface area contributed by atoms with Crippen LogP contribution in [0.3, 0.4) is 0 Å². The normalized spacial score (nSPS) is 9.86. The van der Waals surface area contributed by atoms with Gasteiger partial charge in [0.25, 0.3) is 5.91 Å². The van der Waals surface area contributed by atoms with E-state index in [0.717, 1.165) is 14.9 Å².